The van der Waals surface area contributed by atoms with Crippen LogP contribution in [0.3, 0.4) is 0 Å². The third kappa shape index (κ3) is 9.38. The van der Waals surface area contributed by atoms with Crippen LogP contribution in [0.4, 0.5) is 0 Å². The number of ether oxygens (including phenoxy) is 4. The van der Waals surface area contributed by atoms with E-state index in [4.69, 9.17) is 18.9 Å². The summed E-state index contributed by atoms with van der Waals surface area (Å²) >= 11 is 0. The van der Waals surface area contributed by atoms with Gasteiger partial charge in [0.15, 0.2) is 0 Å². The van der Waals surface area contributed by atoms with Crippen LogP contribution < -0.4 is 0 Å². The molecule has 0 aliphatic carbocycles. The van der Waals surface area contributed by atoms with Crippen molar-refractivity contribution in [3.05, 3.63) is 0 Å². The van der Waals surface area contributed by atoms with Crippen molar-refractivity contribution in [2.75, 3.05) is 53.4 Å². The quantitative estimate of drug-likeness (QED) is 0.457. The second-order valence-electron chi connectivity index (χ2n) is 5.09. The summed E-state index contributed by atoms with van der Waals surface area (Å²) in [4.78, 5) is 0. The van der Waals surface area contributed by atoms with Crippen molar-refractivity contribution >= 4 is 0 Å². The van der Waals surface area contributed by atoms with E-state index >= 15 is 0 Å². The summed E-state index contributed by atoms with van der Waals surface area (Å²) in [5, 5.41) is 0. The van der Waals surface area contributed by atoms with E-state index in [2.05, 4.69) is 20.8 Å². The molecule has 0 aromatic rings. The third-order valence-corrected chi connectivity index (χ3v) is 2.72. The topological polar surface area (TPSA) is 36.9 Å². The first-order valence-electron chi connectivity index (χ1n) is 7.46. The zero-order chi connectivity index (χ0) is 14.4. The fourth-order valence-corrected chi connectivity index (χ4v) is 1.86. The lowest BCUT2D eigenvalue weighted by Gasteiger charge is -2.32. The number of rotatable bonds is 14. The normalized spacial score (nSPS) is 12.0. The lowest BCUT2D eigenvalue weighted by atomic mass is 9.92. The van der Waals surface area contributed by atoms with Crippen molar-refractivity contribution < 1.29 is 18.9 Å². The molecular formula is C15H32O4. The minimum Gasteiger partial charge on any atom is -0.384 e. The maximum atomic E-state index is 5.72. The van der Waals surface area contributed by atoms with Gasteiger partial charge in [-0.15, -0.1) is 0 Å². The molecule has 0 amide bonds. The Morgan fingerprint density at radius 1 is 0.632 bits per heavy atom. The molecule has 0 atom stereocenters. The van der Waals surface area contributed by atoms with Gasteiger partial charge in [-0.2, -0.15) is 0 Å². The Morgan fingerprint density at radius 2 is 1.00 bits per heavy atom. The predicted octanol–water partition coefficient (Wildman–Crippen LogP) is 2.90. The van der Waals surface area contributed by atoms with Gasteiger partial charge in [0.2, 0.25) is 0 Å². The van der Waals surface area contributed by atoms with Gasteiger partial charge in [0.1, 0.15) is 0 Å². The second-order valence-corrected chi connectivity index (χ2v) is 5.09. The molecule has 4 nitrogen and oxygen atoms in total. The van der Waals surface area contributed by atoms with E-state index in [9.17, 15) is 0 Å². The van der Waals surface area contributed by atoms with Crippen LogP contribution in [0.15, 0.2) is 0 Å². The average Bonchev–Trinajstić information content (AvgIpc) is 2.40. The van der Waals surface area contributed by atoms with Crippen molar-refractivity contribution in [1.82, 2.24) is 0 Å². The molecule has 0 aromatic heterocycles. The standard InChI is InChI=1S/C15H32O4/c1-5-8-17-12-15(11-16-4,13-18-9-6-2)14-19-10-7-3/h5-14H2,1-4H3. The van der Waals surface area contributed by atoms with Crippen LogP contribution >= 0.6 is 0 Å². The van der Waals surface area contributed by atoms with E-state index in [1.54, 1.807) is 7.11 Å². The van der Waals surface area contributed by atoms with Crippen LogP contribution in [-0.4, -0.2) is 53.4 Å². The first-order valence-corrected chi connectivity index (χ1v) is 7.46. The molecule has 0 aliphatic heterocycles. The fourth-order valence-electron chi connectivity index (χ4n) is 1.86. The SMILES string of the molecule is CCCOCC(COC)(COCCC)COCCC. The zero-order valence-electron chi connectivity index (χ0n) is 13.2. The van der Waals surface area contributed by atoms with Gasteiger partial charge < -0.3 is 18.9 Å². The van der Waals surface area contributed by atoms with Gasteiger partial charge in [0.25, 0.3) is 0 Å². The van der Waals surface area contributed by atoms with Gasteiger partial charge in [0.05, 0.1) is 31.8 Å². The van der Waals surface area contributed by atoms with Crippen molar-refractivity contribution in [2.24, 2.45) is 5.41 Å². The second kappa shape index (κ2) is 12.9. The largest absolute Gasteiger partial charge is 0.384 e. The molecule has 0 unspecified atom stereocenters. The van der Waals surface area contributed by atoms with Gasteiger partial charge >= 0.3 is 0 Å². The monoisotopic (exact) mass is 276 g/mol. The lowest BCUT2D eigenvalue weighted by Crippen LogP contribution is -2.41. The van der Waals surface area contributed by atoms with Crippen molar-refractivity contribution in [3.63, 3.8) is 0 Å². The Morgan fingerprint density at radius 3 is 1.26 bits per heavy atom. The summed E-state index contributed by atoms with van der Waals surface area (Å²) in [6.07, 6.45) is 3.07. The maximum Gasteiger partial charge on any atom is 0.0637 e. The van der Waals surface area contributed by atoms with Crippen molar-refractivity contribution in [1.29, 1.82) is 0 Å². The summed E-state index contributed by atoms with van der Waals surface area (Å²) in [5.74, 6) is 0. The molecule has 0 saturated heterocycles. The highest BCUT2D eigenvalue weighted by Crippen LogP contribution is 2.20. The lowest BCUT2D eigenvalue weighted by molar-refractivity contribution is -0.0996. The molecule has 0 fully saturated rings. The number of hydrogen-bond acceptors (Lipinski definition) is 4. The van der Waals surface area contributed by atoms with Gasteiger partial charge in [0, 0.05) is 26.9 Å². The van der Waals surface area contributed by atoms with Gasteiger partial charge in [-0.05, 0) is 19.3 Å². The minimum atomic E-state index is -0.186. The van der Waals surface area contributed by atoms with Crippen LogP contribution in [0, 0.1) is 5.41 Å². The van der Waals surface area contributed by atoms with Gasteiger partial charge in [-0.25, -0.2) is 0 Å². The Kier molecular flexibility index (Phi) is 12.7. The van der Waals surface area contributed by atoms with Crippen LogP contribution in [-0.2, 0) is 18.9 Å². The molecule has 4 heteroatoms. The maximum absolute atomic E-state index is 5.72. The highest BCUT2D eigenvalue weighted by Gasteiger charge is 2.31. The first-order chi connectivity index (χ1) is 9.24. The third-order valence-electron chi connectivity index (χ3n) is 2.72. The molecule has 0 bridgehead atoms. The molecular weight excluding hydrogens is 244 g/mol. The van der Waals surface area contributed by atoms with Gasteiger partial charge in [-0.1, -0.05) is 20.8 Å². The summed E-state index contributed by atoms with van der Waals surface area (Å²) in [6, 6.07) is 0. The van der Waals surface area contributed by atoms with E-state index in [-0.39, 0.29) is 5.41 Å². The van der Waals surface area contributed by atoms with Crippen LogP contribution in [0.25, 0.3) is 0 Å². The molecule has 0 spiro atoms. The molecule has 116 valence electrons. The molecule has 0 rings (SSSR count). The van der Waals surface area contributed by atoms with Crippen LogP contribution in [0.1, 0.15) is 40.0 Å². The molecule has 0 radical (unpaired) electrons. The highest BCUT2D eigenvalue weighted by atomic mass is 16.5. The Bertz CT molecular complexity index is 158. The Hall–Kier alpha value is -0.160. The van der Waals surface area contributed by atoms with E-state index in [1.807, 2.05) is 0 Å². The smallest absolute Gasteiger partial charge is 0.0637 e. The molecule has 19 heavy (non-hydrogen) atoms. The number of hydrogen-bond donors (Lipinski definition) is 0. The Labute approximate surface area is 118 Å². The molecule has 0 N–H and O–H groups in total. The average molecular weight is 276 g/mol. The summed E-state index contributed by atoms with van der Waals surface area (Å²) in [6.45, 7) is 11.1. The van der Waals surface area contributed by atoms with E-state index in [0.717, 1.165) is 39.1 Å². The summed E-state index contributed by atoms with van der Waals surface area (Å²) in [7, 11) is 1.72. The predicted molar refractivity (Wildman–Crippen MR) is 77.6 cm³/mol. The summed E-state index contributed by atoms with van der Waals surface area (Å²) in [5.41, 5.74) is -0.186. The number of methoxy groups -OCH3 is 1. The highest BCUT2D eigenvalue weighted by molar-refractivity contribution is 4.79. The van der Waals surface area contributed by atoms with E-state index in [1.165, 1.54) is 0 Å². The van der Waals surface area contributed by atoms with Crippen molar-refractivity contribution in [3.8, 4) is 0 Å². The van der Waals surface area contributed by atoms with Crippen molar-refractivity contribution in [2.45, 2.75) is 40.0 Å². The molecule has 0 aromatic carbocycles. The van der Waals surface area contributed by atoms with Crippen LogP contribution in [0.5, 0.6) is 0 Å². The van der Waals surface area contributed by atoms with E-state index < -0.39 is 0 Å². The first kappa shape index (κ1) is 18.8. The van der Waals surface area contributed by atoms with E-state index in [0.29, 0.717) is 26.4 Å². The van der Waals surface area contributed by atoms with Crippen LogP contribution in [0.2, 0.25) is 0 Å². The summed E-state index contributed by atoms with van der Waals surface area (Å²) < 4.78 is 22.5. The molecule has 0 aliphatic rings. The van der Waals surface area contributed by atoms with Gasteiger partial charge in [-0.3, -0.25) is 0 Å². The zero-order valence-corrected chi connectivity index (χ0v) is 13.2. The minimum absolute atomic E-state index is 0.186. The molecule has 0 saturated carbocycles. The Balaban J connectivity index is 4.37. The fraction of sp³-hybridized carbons (Fsp3) is 1.00. The molecule has 0 heterocycles.